The van der Waals surface area contributed by atoms with Gasteiger partial charge >= 0.3 is 6.36 Å². The summed E-state index contributed by atoms with van der Waals surface area (Å²) in [6, 6.07) is 4.20. The molecule has 1 unspecified atom stereocenters. The summed E-state index contributed by atoms with van der Waals surface area (Å²) >= 11 is 6.26. The average molecular weight is 390 g/mol. The fraction of sp³-hybridized carbons (Fsp3) is 0.364. The summed E-state index contributed by atoms with van der Waals surface area (Å²) in [5.74, 6) is -0.668. The predicted molar refractivity (Wildman–Crippen MR) is 68.1 cm³/mol. The van der Waals surface area contributed by atoms with Gasteiger partial charge in [-0.1, -0.05) is 37.9 Å². The minimum absolute atomic E-state index is 0.164. The Labute approximate surface area is 119 Å². The van der Waals surface area contributed by atoms with Crippen LogP contribution in [-0.2, 0) is 10.1 Å². The number of rotatable bonds is 4. The molecule has 1 rings (SSSR count). The molecule has 0 spiro atoms. The van der Waals surface area contributed by atoms with E-state index in [1.165, 1.54) is 25.1 Å². The third-order valence-electron chi connectivity index (χ3n) is 2.08. The van der Waals surface area contributed by atoms with Crippen LogP contribution in [0.2, 0.25) is 0 Å². The molecule has 1 aromatic rings. The van der Waals surface area contributed by atoms with Crippen molar-refractivity contribution in [2.45, 2.75) is 23.4 Å². The van der Waals surface area contributed by atoms with Gasteiger partial charge in [-0.2, -0.15) is 0 Å². The number of alkyl halides is 5. The van der Waals surface area contributed by atoms with E-state index in [0.29, 0.717) is 5.33 Å². The lowest BCUT2D eigenvalue weighted by atomic mass is 10.1. The number of halogens is 5. The molecule has 0 radical (unpaired) electrons. The Balaban J connectivity index is 3.20. The smallest absolute Gasteiger partial charge is 0.405 e. The van der Waals surface area contributed by atoms with E-state index in [2.05, 4.69) is 36.6 Å². The Morgan fingerprint density at radius 3 is 2.50 bits per heavy atom. The molecule has 0 aromatic heterocycles. The number of Topliss-reactive ketones (excluding diaryl/α,β-unsaturated/α-hetero) is 1. The fourth-order valence-electron chi connectivity index (χ4n) is 1.32. The predicted octanol–water partition coefficient (Wildman–Crippen LogP) is 4.51. The van der Waals surface area contributed by atoms with Crippen molar-refractivity contribution in [3.63, 3.8) is 0 Å². The second kappa shape index (κ2) is 6.06. The molecule has 0 aliphatic carbocycles. The van der Waals surface area contributed by atoms with Crippen LogP contribution in [0.4, 0.5) is 13.2 Å². The molecule has 0 aliphatic heterocycles. The first-order valence-corrected chi connectivity index (χ1v) is 6.87. The monoisotopic (exact) mass is 388 g/mol. The average Bonchev–Trinajstić information content (AvgIpc) is 2.26. The Morgan fingerprint density at radius 1 is 1.44 bits per heavy atom. The van der Waals surface area contributed by atoms with Crippen LogP contribution >= 0.6 is 31.9 Å². The van der Waals surface area contributed by atoms with Crippen LogP contribution in [0, 0.1) is 0 Å². The highest BCUT2D eigenvalue weighted by Crippen LogP contribution is 2.36. The van der Waals surface area contributed by atoms with Gasteiger partial charge in [0, 0.05) is 10.9 Å². The molecule has 1 aromatic carbocycles. The molecule has 0 fully saturated rings. The number of hydrogen-bond acceptors (Lipinski definition) is 2. The zero-order valence-electron chi connectivity index (χ0n) is 9.22. The van der Waals surface area contributed by atoms with Crippen LogP contribution < -0.4 is 4.74 Å². The van der Waals surface area contributed by atoms with E-state index in [0.717, 1.165) is 5.56 Å². The highest BCUT2D eigenvalue weighted by atomic mass is 79.9. The van der Waals surface area contributed by atoms with Crippen molar-refractivity contribution in [3.05, 3.63) is 29.3 Å². The molecule has 100 valence electrons. The van der Waals surface area contributed by atoms with Crippen LogP contribution in [0.5, 0.6) is 5.75 Å². The SMILES string of the molecule is CC(=O)C(Br)c1cc(CBr)ccc1OC(F)(F)F. The van der Waals surface area contributed by atoms with Gasteiger partial charge in [0.15, 0.2) is 0 Å². The Hall–Kier alpha value is -0.560. The molecule has 0 amide bonds. The Morgan fingerprint density at radius 2 is 2.06 bits per heavy atom. The van der Waals surface area contributed by atoms with Gasteiger partial charge in [0.2, 0.25) is 0 Å². The van der Waals surface area contributed by atoms with Gasteiger partial charge in [0.05, 0.1) is 0 Å². The van der Waals surface area contributed by atoms with Crippen LogP contribution in [0.1, 0.15) is 22.9 Å². The zero-order chi connectivity index (χ0) is 13.9. The van der Waals surface area contributed by atoms with Gasteiger partial charge in [0.25, 0.3) is 0 Å². The van der Waals surface area contributed by atoms with E-state index in [9.17, 15) is 18.0 Å². The summed E-state index contributed by atoms with van der Waals surface area (Å²) in [6.45, 7) is 1.29. The second-order valence-corrected chi connectivity index (χ2v) is 5.00. The minimum atomic E-state index is -4.78. The number of ether oxygens (including phenoxy) is 1. The van der Waals surface area contributed by atoms with E-state index in [1.807, 2.05) is 0 Å². The topological polar surface area (TPSA) is 26.3 Å². The molecular weight excluding hydrogens is 381 g/mol. The maximum atomic E-state index is 12.2. The summed E-state index contributed by atoms with van der Waals surface area (Å²) in [7, 11) is 0. The van der Waals surface area contributed by atoms with E-state index in [-0.39, 0.29) is 17.1 Å². The lowest BCUT2D eigenvalue weighted by molar-refractivity contribution is -0.274. The van der Waals surface area contributed by atoms with E-state index in [4.69, 9.17) is 0 Å². The van der Waals surface area contributed by atoms with Crippen LogP contribution in [0.25, 0.3) is 0 Å². The Kier molecular flexibility index (Phi) is 5.21. The normalized spacial score (nSPS) is 13.2. The standard InChI is InChI=1S/C11H9Br2F3O2/c1-6(17)10(13)8-4-7(5-12)2-3-9(8)18-11(14,15)16/h2-4,10H,5H2,1H3. The Bertz CT molecular complexity index is 446. The molecule has 0 aliphatic rings. The quantitative estimate of drug-likeness (QED) is 0.708. The maximum Gasteiger partial charge on any atom is 0.573 e. The second-order valence-electron chi connectivity index (χ2n) is 3.53. The molecule has 2 nitrogen and oxygen atoms in total. The fourth-order valence-corrected chi connectivity index (χ4v) is 2.02. The van der Waals surface area contributed by atoms with Gasteiger partial charge < -0.3 is 4.74 Å². The summed E-state index contributed by atoms with van der Waals surface area (Å²) < 4.78 is 40.6. The summed E-state index contributed by atoms with van der Waals surface area (Å²) in [6.07, 6.45) is -4.78. The molecular formula is C11H9Br2F3O2. The maximum absolute atomic E-state index is 12.2. The lowest BCUT2D eigenvalue weighted by Gasteiger charge is -2.16. The van der Waals surface area contributed by atoms with Gasteiger partial charge in [-0.15, -0.1) is 13.2 Å². The molecule has 0 N–H and O–H groups in total. The molecule has 0 saturated carbocycles. The van der Waals surface area contributed by atoms with Gasteiger partial charge in [0.1, 0.15) is 16.4 Å². The molecule has 18 heavy (non-hydrogen) atoms. The van der Waals surface area contributed by atoms with Gasteiger partial charge in [-0.25, -0.2) is 0 Å². The first kappa shape index (κ1) is 15.5. The molecule has 1 atom stereocenters. The van der Waals surface area contributed by atoms with Crippen molar-refractivity contribution in [3.8, 4) is 5.75 Å². The number of hydrogen-bond donors (Lipinski definition) is 0. The first-order chi connectivity index (χ1) is 8.24. The highest BCUT2D eigenvalue weighted by Gasteiger charge is 2.33. The number of carbonyl (C=O) groups is 1. The van der Waals surface area contributed by atoms with Crippen LogP contribution in [-0.4, -0.2) is 12.1 Å². The van der Waals surface area contributed by atoms with Gasteiger partial charge in [-0.05, 0) is 24.6 Å². The zero-order valence-corrected chi connectivity index (χ0v) is 12.4. The molecule has 0 bridgehead atoms. The molecule has 7 heteroatoms. The minimum Gasteiger partial charge on any atom is -0.405 e. The van der Waals surface area contributed by atoms with Crippen LogP contribution in [0.3, 0.4) is 0 Å². The van der Waals surface area contributed by atoms with Crippen molar-refractivity contribution in [2.75, 3.05) is 0 Å². The van der Waals surface area contributed by atoms with E-state index < -0.39 is 11.2 Å². The third kappa shape index (κ3) is 4.28. The summed E-state index contributed by atoms with van der Waals surface area (Å²) in [4.78, 5) is 10.4. The van der Waals surface area contributed by atoms with E-state index >= 15 is 0 Å². The van der Waals surface area contributed by atoms with Crippen molar-refractivity contribution >= 4 is 37.6 Å². The number of benzene rings is 1. The van der Waals surface area contributed by atoms with Crippen molar-refractivity contribution < 1.29 is 22.7 Å². The number of carbonyl (C=O) groups excluding carboxylic acids is 1. The summed E-state index contributed by atoms with van der Waals surface area (Å²) in [5, 5.41) is 0.476. The van der Waals surface area contributed by atoms with Crippen molar-refractivity contribution in [2.24, 2.45) is 0 Å². The largest absolute Gasteiger partial charge is 0.573 e. The molecule has 0 saturated heterocycles. The third-order valence-corrected chi connectivity index (χ3v) is 3.87. The molecule has 0 heterocycles. The van der Waals surface area contributed by atoms with Crippen molar-refractivity contribution in [1.29, 1.82) is 0 Å². The first-order valence-electron chi connectivity index (χ1n) is 4.83. The summed E-state index contributed by atoms with van der Waals surface area (Å²) in [5.41, 5.74) is 0.919. The lowest BCUT2D eigenvalue weighted by Crippen LogP contribution is -2.19. The highest BCUT2D eigenvalue weighted by molar-refractivity contribution is 9.09. The number of ketones is 1. The van der Waals surface area contributed by atoms with Crippen LogP contribution in [0.15, 0.2) is 18.2 Å². The van der Waals surface area contributed by atoms with Gasteiger partial charge in [-0.3, -0.25) is 4.79 Å². The van der Waals surface area contributed by atoms with E-state index in [1.54, 1.807) is 0 Å². The van der Waals surface area contributed by atoms with Crippen molar-refractivity contribution in [1.82, 2.24) is 0 Å².